The lowest BCUT2D eigenvalue weighted by molar-refractivity contribution is -0.138. The molecule has 0 fully saturated rings. The van der Waals surface area contributed by atoms with Crippen LogP contribution in [0.2, 0.25) is 0 Å². The van der Waals surface area contributed by atoms with Gasteiger partial charge in [0.15, 0.2) is 5.57 Å². The van der Waals surface area contributed by atoms with Gasteiger partial charge in [-0.3, -0.25) is 0 Å². The minimum Gasteiger partial charge on any atom is -0.462 e. The van der Waals surface area contributed by atoms with Gasteiger partial charge in [0.05, 0.1) is 6.61 Å². The van der Waals surface area contributed by atoms with E-state index in [9.17, 15) is 4.79 Å². The van der Waals surface area contributed by atoms with E-state index in [0.717, 1.165) is 12.1 Å². The van der Waals surface area contributed by atoms with Crippen molar-refractivity contribution in [1.82, 2.24) is 0 Å². The van der Waals surface area contributed by atoms with E-state index in [0.29, 0.717) is 0 Å². The standard InChI is InChI=1S/C14H16N2O2/c1-3-11-5-7-13(8-6-11)16-10-12(9-15)14(17)18-4-2/h5-8,10,16H,3-4H2,1-2H3. The lowest BCUT2D eigenvalue weighted by atomic mass is 10.1. The van der Waals surface area contributed by atoms with Crippen molar-refractivity contribution in [2.75, 3.05) is 11.9 Å². The summed E-state index contributed by atoms with van der Waals surface area (Å²) in [6, 6.07) is 9.59. The third-order valence-corrected chi connectivity index (χ3v) is 2.36. The normalized spacial score (nSPS) is 10.6. The van der Waals surface area contributed by atoms with E-state index in [1.54, 1.807) is 13.0 Å². The van der Waals surface area contributed by atoms with Gasteiger partial charge >= 0.3 is 5.97 Å². The summed E-state index contributed by atoms with van der Waals surface area (Å²) in [6.45, 7) is 4.03. The number of hydrogen-bond acceptors (Lipinski definition) is 4. The number of hydrogen-bond donors (Lipinski definition) is 1. The van der Waals surface area contributed by atoms with Crippen LogP contribution in [0.4, 0.5) is 5.69 Å². The van der Waals surface area contributed by atoms with Crippen molar-refractivity contribution >= 4 is 11.7 Å². The topological polar surface area (TPSA) is 62.1 Å². The number of aryl methyl sites for hydroxylation is 1. The second-order valence-electron chi connectivity index (χ2n) is 3.59. The average molecular weight is 244 g/mol. The molecule has 1 aromatic carbocycles. The maximum absolute atomic E-state index is 11.3. The smallest absolute Gasteiger partial charge is 0.350 e. The number of anilines is 1. The quantitative estimate of drug-likeness (QED) is 0.491. The molecule has 4 nitrogen and oxygen atoms in total. The molecule has 18 heavy (non-hydrogen) atoms. The summed E-state index contributed by atoms with van der Waals surface area (Å²) in [4.78, 5) is 11.3. The highest BCUT2D eigenvalue weighted by molar-refractivity contribution is 5.93. The molecule has 0 saturated carbocycles. The Hall–Kier alpha value is -2.28. The van der Waals surface area contributed by atoms with E-state index in [4.69, 9.17) is 10.00 Å². The maximum atomic E-state index is 11.3. The third kappa shape index (κ3) is 3.95. The van der Waals surface area contributed by atoms with Crippen LogP contribution in [-0.2, 0) is 16.0 Å². The monoisotopic (exact) mass is 244 g/mol. The van der Waals surface area contributed by atoms with Crippen molar-refractivity contribution in [3.63, 3.8) is 0 Å². The largest absolute Gasteiger partial charge is 0.462 e. The summed E-state index contributed by atoms with van der Waals surface area (Å²) in [5, 5.41) is 11.7. The summed E-state index contributed by atoms with van der Waals surface area (Å²) in [6.07, 6.45) is 2.33. The number of esters is 1. The highest BCUT2D eigenvalue weighted by Gasteiger charge is 2.08. The molecule has 0 spiro atoms. The number of benzene rings is 1. The van der Waals surface area contributed by atoms with E-state index in [1.165, 1.54) is 11.8 Å². The van der Waals surface area contributed by atoms with Crippen LogP contribution >= 0.6 is 0 Å². The van der Waals surface area contributed by atoms with Crippen molar-refractivity contribution in [3.05, 3.63) is 41.6 Å². The Morgan fingerprint density at radius 2 is 2.06 bits per heavy atom. The molecular formula is C14H16N2O2. The molecule has 0 radical (unpaired) electrons. The van der Waals surface area contributed by atoms with Crippen LogP contribution in [0.1, 0.15) is 19.4 Å². The summed E-state index contributed by atoms with van der Waals surface area (Å²) in [5.41, 5.74) is 2.01. The van der Waals surface area contributed by atoms with Crippen molar-refractivity contribution in [1.29, 1.82) is 5.26 Å². The zero-order valence-electron chi connectivity index (χ0n) is 10.6. The summed E-state index contributed by atoms with van der Waals surface area (Å²) < 4.78 is 4.75. The zero-order chi connectivity index (χ0) is 13.4. The average Bonchev–Trinajstić information content (AvgIpc) is 2.40. The first-order valence-electron chi connectivity index (χ1n) is 5.84. The van der Waals surface area contributed by atoms with Crippen LogP contribution in [-0.4, -0.2) is 12.6 Å². The molecule has 1 aromatic rings. The van der Waals surface area contributed by atoms with Gasteiger partial charge in [-0.15, -0.1) is 0 Å². The molecule has 0 atom stereocenters. The second kappa shape index (κ2) is 7.13. The van der Waals surface area contributed by atoms with Gasteiger partial charge in [0.2, 0.25) is 0 Å². The van der Waals surface area contributed by atoms with Crippen LogP contribution in [0.3, 0.4) is 0 Å². The molecule has 94 valence electrons. The van der Waals surface area contributed by atoms with Crippen molar-refractivity contribution in [3.8, 4) is 6.07 Å². The molecule has 1 rings (SSSR count). The van der Waals surface area contributed by atoms with Gasteiger partial charge in [0.25, 0.3) is 0 Å². The minimum absolute atomic E-state index is 0.0450. The number of rotatable bonds is 5. The molecule has 4 heteroatoms. The van der Waals surface area contributed by atoms with Gasteiger partial charge in [-0.2, -0.15) is 5.26 Å². The second-order valence-corrected chi connectivity index (χ2v) is 3.59. The number of nitriles is 1. The minimum atomic E-state index is -0.613. The van der Waals surface area contributed by atoms with E-state index in [2.05, 4.69) is 12.2 Å². The van der Waals surface area contributed by atoms with Gasteiger partial charge < -0.3 is 10.1 Å². The molecule has 0 saturated heterocycles. The van der Waals surface area contributed by atoms with Gasteiger partial charge in [-0.25, -0.2) is 4.79 Å². The van der Waals surface area contributed by atoms with Crippen molar-refractivity contribution in [2.24, 2.45) is 0 Å². The fourth-order valence-corrected chi connectivity index (χ4v) is 1.34. The molecule has 0 bridgehead atoms. The lowest BCUT2D eigenvalue weighted by Gasteiger charge is -2.03. The Bertz CT molecular complexity index is 470. The first-order valence-corrected chi connectivity index (χ1v) is 5.84. The fraction of sp³-hybridized carbons (Fsp3) is 0.286. The fourth-order valence-electron chi connectivity index (χ4n) is 1.34. The number of ether oxygens (including phenoxy) is 1. The Morgan fingerprint density at radius 3 is 2.56 bits per heavy atom. The first kappa shape index (κ1) is 13.8. The van der Waals surface area contributed by atoms with Gasteiger partial charge in [-0.1, -0.05) is 19.1 Å². The molecule has 0 amide bonds. The number of carbonyl (C=O) groups is 1. The van der Waals surface area contributed by atoms with E-state index < -0.39 is 5.97 Å². The molecule has 0 aliphatic rings. The number of nitrogens with one attached hydrogen (secondary N) is 1. The van der Waals surface area contributed by atoms with Crippen LogP contribution in [0.15, 0.2) is 36.0 Å². The van der Waals surface area contributed by atoms with Crippen LogP contribution in [0.25, 0.3) is 0 Å². The molecule has 1 N–H and O–H groups in total. The van der Waals surface area contributed by atoms with Crippen LogP contribution in [0.5, 0.6) is 0 Å². The predicted molar refractivity (Wildman–Crippen MR) is 69.8 cm³/mol. The molecule has 0 aliphatic carbocycles. The molecule has 0 aromatic heterocycles. The van der Waals surface area contributed by atoms with E-state index >= 15 is 0 Å². The predicted octanol–water partition coefficient (Wildman–Crippen LogP) is 2.63. The highest BCUT2D eigenvalue weighted by Crippen LogP contribution is 2.10. The number of nitrogens with zero attached hydrogens (tertiary/aromatic N) is 1. The Kier molecular flexibility index (Phi) is 5.46. The Labute approximate surface area is 107 Å². The third-order valence-electron chi connectivity index (χ3n) is 2.36. The SMILES string of the molecule is CCOC(=O)C(C#N)=CNc1ccc(CC)cc1. The van der Waals surface area contributed by atoms with Crippen LogP contribution in [0, 0.1) is 11.3 Å². The van der Waals surface area contributed by atoms with E-state index in [-0.39, 0.29) is 12.2 Å². The highest BCUT2D eigenvalue weighted by atomic mass is 16.5. The maximum Gasteiger partial charge on any atom is 0.350 e. The van der Waals surface area contributed by atoms with Crippen LogP contribution < -0.4 is 5.32 Å². The summed E-state index contributed by atoms with van der Waals surface area (Å²) in [7, 11) is 0. The van der Waals surface area contributed by atoms with Gasteiger partial charge in [-0.05, 0) is 31.0 Å². The molecular weight excluding hydrogens is 228 g/mol. The van der Waals surface area contributed by atoms with Crippen molar-refractivity contribution < 1.29 is 9.53 Å². The lowest BCUT2D eigenvalue weighted by Crippen LogP contribution is -2.07. The molecule has 0 heterocycles. The van der Waals surface area contributed by atoms with Gasteiger partial charge in [0.1, 0.15) is 6.07 Å². The Balaban J connectivity index is 2.71. The van der Waals surface area contributed by atoms with E-state index in [1.807, 2.05) is 24.3 Å². The molecule has 0 aliphatic heterocycles. The van der Waals surface area contributed by atoms with Crippen molar-refractivity contribution in [2.45, 2.75) is 20.3 Å². The first-order chi connectivity index (χ1) is 8.71. The molecule has 0 unspecified atom stereocenters. The Morgan fingerprint density at radius 1 is 1.39 bits per heavy atom. The number of carbonyl (C=O) groups excluding carboxylic acids is 1. The summed E-state index contributed by atoms with van der Waals surface area (Å²) in [5.74, 6) is -0.613. The zero-order valence-corrected chi connectivity index (χ0v) is 10.6. The van der Waals surface area contributed by atoms with Gasteiger partial charge in [0, 0.05) is 11.9 Å². The summed E-state index contributed by atoms with van der Waals surface area (Å²) >= 11 is 0.